The van der Waals surface area contributed by atoms with Crippen LogP contribution in [0.3, 0.4) is 0 Å². The fraction of sp³-hybridized carbons (Fsp3) is 0.120. The standard InChI is InChI=1S/C25H20F2N6/c1-2-9-29-20-14-24-22(13-21(20)32-25-15-28-10-11-30-25)31-19-5-3-4-6-23(19)33(24)16-7-8-17(26)18(27)12-16/h3-8,10-15H,2,9H2,1H3,(H,30,32). The van der Waals surface area contributed by atoms with Crippen molar-refractivity contribution in [1.82, 2.24) is 19.5 Å². The van der Waals surface area contributed by atoms with Crippen LogP contribution < -0.4 is 10.7 Å². The third-order valence-corrected chi connectivity index (χ3v) is 5.19. The summed E-state index contributed by atoms with van der Waals surface area (Å²) in [5.74, 6) is -1.22. The average Bonchev–Trinajstić information content (AvgIpc) is 2.84. The minimum atomic E-state index is -0.911. The molecule has 0 amide bonds. The first-order valence-corrected chi connectivity index (χ1v) is 10.6. The van der Waals surface area contributed by atoms with E-state index in [-0.39, 0.29) is 0 Å². The Hall–Kier alpha value is -4.20. The van der Waals surface area contributed by atoms with E-state index in [1.54, 1.807) is 24.7 Å². The maximum absolute atomic E-state index is 14.2. The van der Waals surface area contributed by atoms with Crippen molar-refractivity contribution in [1.29, 1.82) is 0 Å². The summed E-state index contributed by atoms with van der Waals surface area (Å²) in [6, 6.07) is 15.2. The molecule has 0 saturated heterocycles. The van der Waals surface area contributed by atoms with Gasteiger partial charge in [-0.05, 0) is 42.8 Å². The smallest absolute Gasteiger partial charge is 0.160 e. The zero-order valence-electron chi connectivity index (χ0n) is 17.8. The Bertz CT molecular complexity index is 1480. The van der Waals surface area contributed by atoms with E-state index in [1.807, 2.05) is 41.0 Å². The number of anilines is 2. The third-order valence-electron chi connectivity index (χ3n) is 5.19. The fourth-order valence-electron chi connectivity index (χ4n) is 3.71. The van der Waals surface area contributed by atoms with Crippen LogP contribution >= 0.6 is 0 Å². The number of nitrogens with zero attached hydrogens (tertiary/aromatic N) is 5. The summed E-state index contributed by atoms with van der Waals surface area (Å²) in [5, 5.41) is 3.98. The highest BCUT2D eigenvalue weighted by atomic mass is 19.2. The van der Waals surface area contributed by atoms with E-state index >= 15 is 0 Å². The Balaban J connectivity index is 1.82. The molecule has 1 aliphatic heterocycles. The second kappa shape index (κ2) is 8.74. The number of hydrogen-bond donors (Lipinski definition) is 1. The van der Waals surface area contributed by atoms with Crippen LogP contribution in [0.5, 0.6) is 0 Å². The van der Waals surface area contributed by atoms with Gasteiger partial charge in [0.2, 0.25) is 0 Å². The summed E-state index contributed by atoms with van der Waals surface area (Å²) >= 11 is 0. The fourth-order valence-corrected chi connectivity index (χ4v) is 3.71. The molecule has 2 aliphatic rings. The van der Waals surface area contributed by atoms with Gasteiger partial charge in [-0.15, -0.1) is 0 Å². The number of halogens is 2. The lowest BCUT2D eigenvalue weighted by molar-refractivity contribution is 0.508. The number of hydrogen-bond acceptors (Lipinski definition) is 5. The monoisotopic (exact) mass is 442 g/mol. The number of fused-ring (bicyclic) bond motifs is 2. The molecule has 6 nitrogen and oxygen atoms in total. The van der Waals surface area contributed by atoms with Gasteiger partial charge in [-0.25, -0.2) is 18.7 Å². The molecule has 1 aliphatic carbocycles. The van der Waals surface area contributed by atoms with Crippen molar-refractivity contribution in [2.75, 3.05) is 11.9 Å². The van der Waals surface area contributed by atoms with Crippen molar-refractivity contribution in [3.05, 3.63) is 90.2 Å². The van der Waals surface area contributed by atoms with Crippen molar-refractivity contribution in [3.63, 3.8) is 0 Å². The molecule has 164 valence electrons. The van der Waals surface area contributed by atoms with Crippen LogP contribution in [-0.2, 0) is 0 Å². The normalized spacial score (nSPS) is 11.9. The van der Waals surface area contributed by atoms with Crippen molar-refractivity contribution in [3.8, 4) is 17.1 Å². The molecule has 1 aromatic heterocycles. The molecule has 2 aromatic carbocycles. The molecule has 0 bridgehead atoms. The van der Waals surface area contributed by atoms with Crippen molar-refractivity contribution in [2.24, 2.45) is 4.99 Å². The van der Waals surface area contributed by atoms with Gasteiger partial charge in [-0.2, -0.15) is 0 Å². The van der Waals surface area contributed by atoms with Crippen molar-refractivity contribution < 1.29 is 8.78 Å². The zero-order valence-corrected chi connectivity index (χ0v) is 17.8. The van der Waals surface area contributed by atoms with E-state index in [0.717, 1.165) is 34.9 Å². The molecule has 0 radical (unpaired) electrons. The molecule has 0 unspecified atom stereocenters. The Morgan fingerprint density at radius 3 is 2.67 bits per heavy atom. The predicted molar refractivity (Wildman–Crippen MR) is 124 cm³/mol. The summed E-state index contributed by atoms with van der Waals surface area (Å²) in [4.78, 5) is 17.9. The molecule has 3 aromatic rings. The van der Waals surface area contributed by atoms with E-state index in [1.165, 1.54) is 6.07 Å². The minimum Gasteiger partial charge on any atom is -0.337 e. The lowest BCUT2D eigenvalue weighted by atomic mass is 10.1. The van der Waals surface area contributed by atoms with Gasteiger partial charge in [0.25, 0.3) is 0 Å². The van der Waals surface area contributed by atoms with Gasteiger partial charge < -0.3 is 9.88 Å². The molecule has 0 atom stereocenters. The first kappa shape index (κ1) is 20.7. The summed E-state index contributed by atoms with van der Waals surface area (Å²) in [6.45, 7) is 2.68. The maximum atomic E-state index is 14.2. The lowest BCUT2D eigenvalue weighted by Gasteiger charge is -2.20. The Morgan fingerprint density at radius 2 is 1.88 bits per heavy atom. The van der Waals surface area contributed by atoms with Crippen LogP contribution in [0, 0.1) is 11.6 Å². The van der Waals surface area contributed by atoms with Crippen LogP contribution in [0.2, 0.25) is 0 Å². The van der Waals surface area contributed by atoms with Crippen LogP contribution in [0.1, 0.15) is 13.3 Å². The number of benzene rings is 3. The highest BCUT2D eigenvalue weighted by molar-refractivity contribution is 5.84. The van der Waals surface area contributed by atoms with E-state index in [0.29, 0.717) is 29.1 Å². The molecule has 8 heteroatoms. The first-order valence-electron chi connectivity index (χ1n) is 10.6. The van der Waals surface area contributed by atoms with Crippen LogP contribution in [0.4, 0.5) is 20.3 Å². The molecule has 33 heavy (non-hydrogen) atoms. The molecule has 1 N–H and O–H groups in total. The van der Waals surface area contributed by atoms with Gasteiger partial charge in [0.05, 0.1) is 39.7 Å². The number of para-hydroxylation sites is 2. The molecule has 2 heterocycles. The molecule has 0 spiro atoms. The quantitative estimate of drug-likeness (QED) is 0.378. The van der Waals surface area contributed by atoms with E-state index in [4.69, 9.17) is 9.98 Å². The van der Waals surface area contributed by atoms with E-state index < -0.39 is 11.6 Å². The second-order valence-electron chi connectivity index (χ2n) is 7.49. The van der Waals surface area contributed by atoms with Gasteiger partial charge in [0.1, 0.15) is 5.82 Å². The highest BCUT2D eigenvalue weighted by Gasteiger charge is 2.17. The van der Waals surface area contributed by atoms with Crippen LogP contribution in [-0.4, -0.2) is 26.1 Å². The van der Waals surface area contributed by atoms with Crippen LogP contribution in [0.15, 0.2) is 78.2 Å². The van der Waals surface area contributed by atoms with Gasteiger partial charge in [0.15, 0.2) is 11.6 Å². The SMILES string of the molecule is CCCN=c1cc2n(-c3ccc(F)c(F)c3)c3ccccc3nc-2cc1Nc1cnccn1. The Kier molecular flexibility index (Phi) is 5.48. The molecule has 0 fully saturated rings. The molecule has 5 rings (SSSR count). The number of nitrogens with one attached hydrogen (secondary N) is 1. The first-order chi connectivity index (χ1) is 16.1. The Labute approximate surface area is 188 Å². The number of aromatic nitrogens is 4. The lowest BCUT2D eigenvalue weighted by Crippen LogP contribution is -2.16. The molecule has 0 saturated carbocycles. The van der Waals surface area contributed by atoms with Gasteiger partial charge in [-0.3, -0.25) is 9.98 Å². The van der Waals surface area contributed by atoms with Gasteiger partial charge in [-0.1, -0.05) is 19.1 Å². The van der Waals surface area contributed by atoms with Gasteiger partial charge >= 0.3 is 0 Å². The topological polar surface area (TPSA) is 68.0 Å². The zero-order chi connectivity index (χ0) is 22.8. The predicted octanol–water partition coefficient (Wildman–Crippen LogP) is 5.25. The van der Waals surface area contributed by atoms with Gasteiger partial charge in [0, 0.05) is 30.7 Å². The Morgan fingerprint density at radius 1 is 1.00 bits per heavy atom. The summed E-state index contributed by atoms with van der Waals surface area (Å²) in [5.41, 5.74) is 4.11. The molecular weight excluding hydrogens is 422 g/mol. The van der Waals surface area contributed by atoms with Crippen molar-refractivity contribution >= 4 is 22.5 Å². The number of rotatable bonds is 5. The van der Waals surface area contributed by atoms with Crippen LogP contribution in [0.25, 0.3) is 28.1 Å². The largest absolute Gasteiger partial charge is 0.337 e. The van der Waals surface area contributed by atoms with E-state index in [9.17, 15) is 8.78 Å². The van der Waals surface area contributed by atoms with Crippen molar-refractivity contribution in [2.45, 2.75) is 13.3 Å². The average molecular weight is 442 g/mol. The third kappa shape index (κ3) is 4.03. The maximum Gasteiger partial charge on any atom is 0.160 e. The second-order valence-corrected chi connectivity index (χ2v) is 7.49. The summed E-state index contributed by atoms with van der Waals surface area (Å²) in [7, 11) is 0. The highest BCUT2D eigenvalue weighted by Crippen LogP contribution is 2.30. The molecular formula is C25H20F2N6. The minimum absolute atomic E-state index is 0.494. The summed E-state index contributed by atoms with van der Waals surface area (Å²) in [6.07, 6.45) is 5.71. The van der Waals surface area contributed by atoms with E-state index in [2.05, 4.69) is 22.2 Å². The summed E-state index contributed by atoms with van der Waals surface area (Å²) < 4.78 is 29.7.